The van der Waals surface area contributed by atoms with E-state index in [2.05, 4.69) is 21.3 Å². The van der Waals surface area contributed by atoms with Gasteiger partial charge in [-0.25, -0.2) is 4.98 Å². The van der Waals surface area contributed by atoms with E-state index >= 15 is 0 Å². The Morgan fingerprint density at radius 3 is 2.78 bits per heavy atom. The van der Waals surface area contributed by atoms with Crippen molar-refractivity contribution in [3.8, 4) is 6.07 Å². The normalized spacial score (nSPS) is 21.3. The van der Waals surface area contributed by atoms with Crippen LogP contribution in [0.15, 0.2) is 18.3 Å². The number of piperidine rings is 1. The first-order valence-electron chi connectivity index (χ1n) is 7.88. The van der Waals surface area contributed by atoms with E-state index in [1.54, 1.807) is 12.3 Å². The first-order chi connectivity index (χ1) is 10.8. The van der Waals surface area contributed by atoms with Crippen molar-refractivity contribution in [1.82, 2.24) is 15.2 Å². The monoisotopic (exact) mass is 335 g/mol. The molecule has 1 aromatic heterocycles. The van der Waals surface area contributed by atoms with Crippen molar-refractivity contribution in [3.05, 3.63) is 23.9 Å². The van der Waals surface area contributed by atoms with Crippen LogP contribution in [0.5, 0.6) is 0 Å². The second-order valence-electron chi connectivity index (χ2n) is 5.87. The van der Waals surface area contributed by atoms with Gasteiger partial charge < -0.3 is 15.1 Å². The molecule has 3 rings (SSSR count). The highest BCUT2D eigenvalue weighted by Gasteiger charge is 2.28. The molecule has 0 radical (unpaired) electrons. The highest BCUT2D eigenvalue weighted by molar-refractivity contribution is 5.85. The number of aromatic nitrogens is 1. The van der Waals surface area contributed by atoms with E-state index in [0.29, 0.717) is 5.56 Å². The van der Waals surface area contributed by atoms with Gasteiger partial charge >= 0.3 is 0 Å². The van der Waals surface area contributed by atoms with Gasteiger partial charge in [-0.15, -0.1) is 12.4 Å². The van der Waals surface area contributed by atoms with Gasteiger partial charge in [-0.05, 0) is 31.5 Å². The number of nitriles is 1. The van der Waals surface area contributed by atoms with Gasteiger partial charge in [0.2, 0.25) is 5.91 Å². The number of piperazine rings is 1. The summed E-state index contributed by atoms with van der Waals surface area (Å²) in [6.45, 7) is 4.84. The Labute approximate surface area is 142 Å². The molecule has 1 amide bonds. The molecule has 0 saturated carbocycles. The number of pyridine rings is 1. The van der Waals surface area contributed by atoms with Crippen LogP contribution >= 0.6 is 12.4 Å². The fourth-order valence-electron chi connectivity index (χ4n) is 3.14. The summed E-state index contributed by atoms with van der Waals surface area (Å²) in [6.07, 6.45) is 3.75. The van der Waals surface area contributed by atoms with Gasteiger partial charge in [-0.2, -0.15) is 5.26 Å². The van der Waals surface area contributed by atoms with Crippen LogP contribution in [-0.4, -0.2) is 55.1 Å². The van der Waals surface area contributed by atoms with Crippen LogP contribution in [0, 0.1) is 17.2 Å². The van der Waals surface area contributed by atoms with Gasteiger partial charge in [0, 0.05) is 38.9 Å². The highest BCUT2D eigenvalue weighted by atomic mass is 35.5. The smallest absolute Gasteiger partial charge is 0.227 e. The van der Waals surface area contributed by atoms with Crippen LogP contribution in [-0.2, 0) is 4.79 Å². The maximum Gasteiger partial charge on any atom is 0.227 e. The molecule has 0 aliphatic carbocycles. The van der Waals surface area contributed by atoms with E-state index < -0.39 is 0 Å². The lowest BCUT2D eigenvalue weighted by molar-refractivity contribution is -0.136. The Balaban J connectivity index is 0.00000192. The van der Waals surface area contributed by atoms with E-state index in [1.165, 1.54) is 0 Å². The molecule has 2 aliphatic rings. The van der Waals surface area contributed by atoms with Crippen molar-refractivity contribution in [2.24, 2.45) is 5.92 Å². The fourth-order valence-corrected chi connectivity index (χ4v) is 3.14. The van der Waals surface area contributed by atoms with Crippen LogP contribution in [0.2, 0.25) is 0 Å². The van der Waals surface area contributed by atoms with Crippen LogP contribution in [0.1, 0.15) is 18.4 Å². The topological polar surface area (TPSA) is 72.3 Å². The number of rotatable bonds is 2. The maximum absolute atomic E-state index is 12.5. The van der Waals surface area contributed by atoms with Crippen LogP contribution < -0.4 is 10.2 Å². The molecule has 1 atom stereocenters. The third-order valence-corrected chi connectivity index (χ3v) is 4.44. The van der Waals surface area contributed by atoms with Crippen molar-refractivity contribution < 1.29 is 4.79 Å². The molecule has 0 bridgehead atoms. The second-order valence-corrected chi connectivity index (χ2v) is 5.87. The molecular formula is C16H22ClN5O. The summed E-state index contributed by atoms with van der Waals surface area (Å²) in [7, 11) is 0. The molecule has 124 valence electrons. The molecule has 2 saturated heterocycles. The average molecular weight is 336 g/mol. The Hall–Kier alpha value is -1.84. The van der Waals surface area contributed by atoms with E-state index in [1.807, 2.05) is 11.0 Å². The summed E-state index contributed by atoms with van der Waals surface area (Å²) in [4.78, 5) is 21.0. The maximum atomic E-state index is 12.5. The zero-order valence-electron chi connectivity index (χ0n) is 13.1. The fraction of sp³-hybridized carbons (Fsp3) is 0.562. The SMILES string of the molecule is Cl.N#Cc1ccnc(N2CCN(C(=O)C3CCCNC3)CC2)c1. The lowest BCUT2D eigenvalue weighted by atomic mass is 9.98. The lowest BCUT2D eigenvalue weighted by Crippen LogP contribution is -2.52. The number of carbonyl (C=O) groups excluding carboxylic acids is 1. The Bertz CT molecular complexity index is 574. The number of anilines is 1. The lowest BCUT2D eigenvalue weighted by Gasteiger charge is -2.37. The molecule has 7 heteroatoms. The van der Waals surface area contributed by atoms with Gasteiger partial charge in [-0.1, -0.05) is 0 Å². The summed E-state index contributed by atoms with van der Waals surface area (Å²) in [6, 6.07) is 5.65. The molecule has 6 nitrogen and oxygen atoms in total. The third-order valence-electron chi connectivity index (χ3n) is 4.44. The van der Waals surface area contributed by atoms with Crippen LogP contribution in [0.25, 0.3) is 0 Å². The minimum atomic E-state index is 0. The van der Waals surface area contributed by atoms with Crippen molar-refractivity contribution in [3.63, 3.8) is 0 Å². The predicted molar refractivity (Wildman–Crippen MR) is 90.6 cm³/mol. The number of nitrogens with one attached hydrogen (secondary N) is 1. The molecule has 23 heavy (non-hydrogen) atoms. The van der Waals surface area contributed by atoms with Gasteiger partial charge in [0.15, 0.2) is 0 Å². The van der Waals surface area contributed by atoms with Crippen molar-refractivity contribution in [1.29, 1.82) is 5.26 Å². The van der Waals surface area contributed by atoms with Gasteiger partial charge in [-0.3, -0.25) is 4.79 Å². The molecule has 1 aromatic rings. The van der Waals surface area contributed by atoms with E-state index in [4.69, 9.17) is 5.26 Å². The molecule has 2 aliphatic heterocycles. The van der Waals surface area contributed by atoms with Crippen LogP contribution in [0.3, 0.4) is 0 Å². The quantitative estimate of drug-likeness (QED) is 0.873. The van der Waals surface area contributed by atoms with Crippen molar-refractivity contribution in [2.75, 3.05) is 44.2 Å². The molecule has 0 aromatic carbocycles. The number of hydrogen-bond acceptors (Lipinski definition) is 5. The summed E-state index contributed by atoms with van der Waals surface area (Å²) >= 11 is 0. The van der Waals surface area contributed by atoms with Gasteiger partial charge in [0.1, 0.15) is 5.82 Å². The van der Waals surface area contributed by atoms with Gasteiger partial charge in [0.05, 0.1) is 17.6 Å². The van der Waals surface area contributed by atoms with Crippen molar-refractivity contribution >= 4 is 24.1 Å². The largest absolute Gasteiger partial charge is 0.353 e. The second kappa shape index (κ2) is 8.14. The summed E-state index contributed by atoms with van der Waals surface area (Å²) in [5.41, 5.74) is 0.622. The number of carbonyl (C=O) groups is 1. The number of amides is 1. The Kier molecular flexibility index (Phi) is 6.20. The highest BCUT2D eigenvalue weighted by Crippen LogP contribution is 2.18. The minimum absolute atomic E-state index is 0. The Morgan fingerprint density at radius 1 is 1.35 bits per heavy atom. The van der Waals surface area contributed by atoms with Crippen LogP contribution in [0.4, 0.5) is 5.82 Å². The predicted octanol–water partition coefficient (Wildman–Crippen LogP) is 1.02. The van der Waals surface area contributed by atoms with E-state index in [-0.39, 0.29) is 24.2 Å². The molecule has 1 unspecified atom stereocenters. The van der Waals surface area contributed by atoms with Gasteiger partial charge in [0.25, 0.3) is 0 Å². The van der Waals surface area contributed by atoms with E-state index in [9.17, 15) is 4.79 Å². The number of nitrogens with zero attached hydrogens (tertiary/aromatic N) is 4. The van der Waals surface area contributed by atoms with E-state index in [0.717, 1.165) is 57.9 Å². The standard InChI is InChI=1S/C16H21N5O.ClH/c17-11-13-3-5-19-15(10-13)20-6-8-21(9-7-20)16(22)14-2-1-4-18-12-14;/h3,5,10,14,18H,1-2,4,6-9,12H2;1H. The third kappa shape index (κ3) is 4.12. The average Bonchev–Trinajstić information content (AvgIpc) is 2.62. The first-order valence-corrected chi connectivity index (χ1v) is 7.88. The first kappa shape index (κ1) is 17.5. The summed E-state index contributed by atoms with van der Waals surface area (Å²) in [5, 5.41) is 12.3. The molecular weight excluding hydrogens is 314 g/mol. The molecule has 0 spiro atoms. The summed E-state index contributed by atoms with van der Waals surface area (Å²) < 4.78 is 0. The molecule has 2 fully saturated rings. The summed E-state index contributed by atoms with van der Waals surface area (Å²) in [5.74, 6) is 1.25. The Morgan fingerprint density at radius 2 is 2.13 bits per heavy atom. The number of hydrogen-bond donors (Lipinski definition) is 1. The van der Waals surface area contributed by atoms with Crippen molar-refractivity contribution in [2.45, 2.75) is 12.8 Å². The molecule has 1 N–H and O–H groups in total. The molecule has 3 heterocycles. The zero-order valence-corrected chi connectivity index (χ0v) is 13.9. The number of halogens is 1. The zero-order chi connectivity index (χ0) is 15.4. The minimum Gasteiger partial charge on any atom is -0.353 e.